The molecular formula is C16H26N2O2. The van der Waals surface area contributed by atoms with Gasteiger partial charge >= 0.3 is 0 Å². The number of hydrogen-bond donors (Lipinski definition) is 2. The molecular weight excluding hydrogens is 252 g/mol. The third kappa shape index (κ3) is 5.21. The topological polar surface area (TPSA) is 50.4 Å². The molecule has 0 heterocycles. The maximum Gasteiger partial charge on any atom is 0.258 e. The number of nitrogens with one attached hydrogen (secondary N) is 2. The predicted molar refractivity (Wildman–Crippen MR) is 81.9 cm³/mol. The molecule has 0 radical (unpaired) electrons. The highest BCUT2D eigenvalue weighted by molar-refractivity contribution is 5.77. The van der Waals surface area contributed by atoms with Crippen LogP contribution in [-0.2, 0) is 4.79 Å². The highest BCUT2D eigenvalue weighted by Gasteiger charge is 2.12. The Kier molecular flexibility index (Phi) is 7.09. The third-order valence-electron chi connectivity index (χ3n) is 3.27. The fraction of sp³-hybridized carbons (Fsp3) is 0.562. The molecule has 0 aliphatic rings. The Hall–Kier alpha value is -1.55. The highest BCUT2D eigenvalue weighted by Crippen LogP contribution is 2.24. The van der Waals surface area contributed by atoms with Crippen LogP contribution in [0.2, 0.25) is 0 Å². The van der Waals surface area contributed by atoms with E-state index in [1.54, 1.807) is 0 Å². The van der Waals surface area contributed by atoms with Crippen LogP contribution in [0.5, 0.6) is 5.75 Å². The predicted octanol–water partition coefficient (Wildman–Crippen LogP) is 2.65. The van der Waals surface area contributed by atoms with E-state index in [1.165, 1.54) is 0 Å². The zero-order valence-electron chi connectivity index (χ0n) is 12.9. The van der Waals surface area contributed by atoms with E-state index in [-0.39, 0.29) is 24.6 Å². The van der Waals surface area contributed by atoms with E-state index >= 15 is 0 Å². The van der Waals surface area contributed by atoms with Crippen molar-refractivity contribution in [1.82, 2.24) is 10.6 Å². The monoisotopic (exact) mass is 278 g/mol. The number of ether oxygens (including phenoxy) is 1. The first-order valence-corrected chi connectivity index (χ1v) is 7.32. The Morgan fingerprint density at radius 3 is 2.60 bits per heavy atom. The molecule has 1 aromatic carbocycles. The SMILES string of the molecule is CCNC(C)c1ccccc1OCC(=O)NC(C)CC. The number of benzene rings is 1. The molecule has 0 aromatic heterocycles. The first-order chi connectivity index (χ1) is 9.58. The summed E-state index contributed by atoms with van der Waals surface area (Å²) in [6.07, 6.45) is 0.916. The van der Waals surface area contributed by atoms with E-state index in [4.69, 9.17) is 4.74 Å². The minimum absolute atomic E-state index is 0.0558. The second-order valence-corrected chi connectivity index (χ2v) is 4.98. The number of para-hydroxylation sites is 1. The largest absolute Gasteiger partial charge is 0.483 e. The van der Waals surface area contributed by atoms with Gasteiger partial charge in [-0.2, -0.15) is 0 Å². The van der Waals surface area contributed by atoms with Crippen LogP contribution in [-0.4, -0.2) is 25.1 Å². The van der Waals surface area contributed by atoms with E-state index < -0.39 is 0 Å². The van der Waals surface area contributed by atoms with E-state index in [0.29, 0.717) is 0 Å². The van der Waals surface area contributed by atoms with Crippen LogP contribution in [0.3, 0.4) is 0 Å². The van der Waals surface area contributed by atoms with Crippen molar-refractivity contribution in [2.24, 2.45) is 0 Å². The Balaban J connectivity index is 2.61. The van der Waals surface area contributed by atoms with Gasteiger partial charge in [-0.15, -0.1) is 0 Å². The molecule has 112 valence electrons. The Morgan fingerprint density at radius 1 is 1.25 bits per heavy atom. The molecule has 0 saturated heterocycles. The zero-order valence-corrected chi connectivity index (χ0v) is 12.9. The Labute approximate surface area is 121 Å². The van der Waals surface area contributed by atoms with Gasteiger partial charge in [-0.05, 0) is 32.9 Å². The summed E-state index contributed by atoms with van der Waals surface area (Å²) < 4.78 is 5.66. The van der Waals surface area contributed by atoms with Gasteiger partial charge in [0, 0.05) is 17.6 Å². The lowest BCUT2D eigenvalue weighted by molar-refractivity contribution is -0.123. The second kappa shape index (κ2) is 8.59. The molecule has 1 rings (SSSR count). The van der Waals surface area contributed by atoms with Crippen LogP contribution in [0.4, 0.5) is 0 Å². The molecule has 4 heteroatoms. The average Bonchev–Trinajstić information content (AvgIpc) is 2.45. The van der Waals surface area contributed by atoms with Crippen molar-refractivity contribution in [2.75, 3.05) is 13.2 Å². The van der Waals surface area contributed by atoms with Gasteiger partial charge in [0.25, 0.3) is 5.91 Å². The average molecular weight is 278 g/mol. The third-order valence-corrected chi connectivity index (χ3v) is 3.27. The van der Waals surface area contributed by atoms with Crippen molar-refractivity contribution >= 4 is 5.91 Å². The second-order valence-electron chi connectivity index (χ2n) is 4.98. The summed E-state index contributed by atoms with van der Waals surface area (Å²) in [5.41, 5.74) is 1.07. The fourth-order valence-corrected chi connectivity index (χ4v) is 1.95. The summed E-state index contributed by atoms with van der Waals surface area (Å²) >= 11 is 0. The van der Waals surface area contributed by atoms with Gasteiger partial charge < -0.3 is 15.4 Å². The molecule has 0 bridgehead atoms. The zero-order chi connectivity index (χ0) is 15.0. The van der Waals surface area contributed by atoms with E-state index in [9.17, 15) is 4.79 Å². The molecule has 1 aromatic rings. The molecule has 20 heavy (non-hydrogen) atoms. The van der Waals surface area contributed by atoms with E-state index in [0.717, 1.165) is 24.3 Å². The molecule has 2 atom stereocenters. The Morgan fingerprint density at radius 2 is 1.95 bits per heavy atom. The lowest BCUT2D eigenvalue weighted by Crippen LogP contribution is -2.35. The molecule has 0 spiro atoms. The van der Waals surface area contributed by atoms with Crippen molar-refractivity contribution in [3.05, 3.63) is 29.8 Å². The summed E-state index contributed by atoms with van der Waals surface area (Å²) in [6, 6.07) is 8.21. The van der Waals surface area contributed by atoms with Crippen LogP contribution in [0, 0.1) is 0 Å². The van der Waals surface area contributed by atoms with Crippen LogP contribution < -0.4 is 15.4 Å². The van der Waals surface area contributed by atoms with Crippen LogP contribution in [0.15, 0.2) is 24.3 Å². The van der Waals surface area contributed by atoms with Gasteiger partial charge in [0.05, 0.1) is 0 Å². The molecule has 4 nitrogen and oxygen atoms in total. The molecule has 0 aliphatic heterocycles. The van der Waals surface area contributed by atoms with Gasteiger partial charge in [0.15, 0.2) is 6.61 Å². The van der Waals surface area contributed by atoms with Gasteiger partial charge in [0.2, 0.25) is 0 Å². The molecule has 1 amide bonds. The highest BCUT2D eigenvalue weighted by atomic mass is 16.5. The smallest absolute Gasteiger partial charge is 0.258 e. The first kappa shape index (κ1) is 16.5. The molecule has 2 unspecified atom stereocenters. The van der Waals surface area contributed by atoms with Crippen LogP contribution in [0.1, 0.15) is 45.7 Å². The van der Waals surface area contributed by atoms with Gasteiger partial charge in [0.1, 0.15) is 5.75 Å². The first-order valence-electron chi connectivity index (χ1n) is 7.32. The van der Waals surface area contributed by atoms with Crippen molar-refractivity contribution in [2.45, 2.75) is 46.2 Å². The van der Waals surface area contributed by atoms with Crippen molar-refractivity contribution in [3.63, 3.8) is 0 Å². The number of carbonyl (C=O) groups excluding carboxylic acids is 1. The fourth-order valence-electron chi connectivity index (χ4n) is 1.95. The number of rotatable bonds is 8. The van der Waals surface area contributed by atoms with Crippen LogP contribution >= 0.6 is 0 Å². The quantitative estimate of drug-likeness (QED) is 0.768. The van der Waals surface area contributed by atoms with Gasteiger partial charge in [-0.1, -0.05) is 32.0 Å². The lowest BCUT2D eigenvalue weighted by atomic mass is 10.1. The summed E-state index contributed by atoms with van der Waals surface area (Å²) in [5.74, 6) is 0.686. The lowest BCUT2D eigenvalue weighted by Gasteiger charge is -2.18. The molecule has 0 aliphatic carbocycles. The Bertz CT molecular complexity index is 421. The van der Waals surface area contributed by atoms with Crippen molar-refractivity contribution in [1.29, 1.82) is 0 Å². The van der Waals surface area contributed by atoms with Crippen molar-refractivity contribution in [3.8, 4) is 5.75 Å². The molecule has 2 N–H and O–H groups in total. The summed E-state index contributed by atoms with van der Waals surface area (Å²) in [7, 11) is 0. The number of amides is 1. The maximum atomic E-state index is 11.7. The van der Waals surface area contributed by atoms with Gasteiger partial charge in [-0.25, -0.2) is 0 Å². The number of carbonyl (C=O) groups is 1. The summed E-state index contributed by atoms with van der Waals surface area (Å²) in [6.45, 7) is 9.13. The molecule has 0 saturated carbocycles. The normalized spacial score (nSPS) is 13.6. The van der Waals surface area contributed by atoms with E-state index in [2.05, 4.69) is 24.5 Å². The minimum atomic E-state index is -0.0785. The maximum absolute atomic E-state index is 11.7. The minimum Gasteiger partial charge on any atom is -0.483 e. The van der Waals surface area contributed by atoms with Crippen LogP contribution in [0.25, 0.3) is 0 Å². The summed E-state index contributed by atoms with van der Waals surface area (Å²) in [5, 5.41) is 6.24. The molecule has 0 fully saturated rings. The standard InChI is InChI=1S/C16H26N2O2/c1-5-12(3)18-16(19)11-20-15-10-8-7-9-14(15)13(4)17-6-2/h7-10,12-13,17H,5-6,11H2,1-4H3,(H,18,19). The van der Waals surface area contributed by atoms with Crippen molar-refractivity contribution < 1.29 is 9.53 Å². The summed E-state index contributed by atoms with van der Waals surface area (Å²) in [4.78, 5) is 11.7. The van der Waals surface area contributed by atoms with E-state index in [1.807, 2.05) is 38.1 Å². The number of hydrogen-bond acceptors (Lipinski definition) is 3. The van der Waals surface area contributed by atoms with Gasteiger partial charge in [-0.3, -0.25) is 4.79 Å².